The van der Waals surface area contributed by atoms with Gasteiger partial charge in [-0.2, -0.15) is 0 Å². The minimum atomic E-state index is -0.965. The largest absolute Gasteiger partial charge is 0.509 e. The summed E-state index contributed by atoms with van der Waals surface area (Å²) >= 11 is 27.6. The molecule has 0 fully saturated rings. The van der Waals surface area contributed by atoms with Gasteiger partial charge in [0.15, 0.2) is 5.78 Å². The summed E-state index contributed by atoms with van der Waals surface area (Å²) < 4.78 is 75.6. The summed E-state index contributed by atoms with van der Waals surface area (Å²) in [5.41, 5.74) is 6.08. The summed E-state index contributed by atoms with van der Waals surface area (Å²) in [6, 6.07) is 14.0. The SMILES string of the molecule is CCCC(=O)C1=C(O)[C@H](C(C)(C)C)N(Cc2ccc(F)c(Cl)c2)C1=O.CCOC(=O)CC(=O)Cl.CCOC(=O)CC(=O)N(Cc1ccc(F)c(Cl)c1)[C@H](C(=O)OC)C(C)(C)C.COC(=O)[C@@H](N)C(C)(C)C.COC(=O)[C@@H](NCc1ccc(F)c(Cl)c1)C(C)(C)C.Cl.O=Cc1ccc(F)c(Cl)c1. The Morgan fingerprint density at radius 2 is 1.05 bits per heavy atom. The van der Waals surface area contributed by atoms with Gasteiger partial charge < -0.3 is 44.3 Å². The normalized spacial score (nSPS) is 13.4. The van der Waals surface area contributed by atoms with Crippen LogP contribution in [0.5, 0.6) is 0 Å². The third kappa shape index (κ3) is 33.8. The minimum Gasteiger partial charge on any atom is -0.509 e. The molecule has 20 nitrogen and oxygen atoms in total. The van der Waals surface area contributed by atoms with Crippen LogP contribution in [0.25, 0.3) is 0 Å². The summed E-state index contributed by atoms with van der Waals surface area (Å²) in [4.78, 5) is 118. The van der Waals surface area contributed by atoms with Crippen LogP contribution in [-0.4, -0.2) is 133 Å². The van der Waals surface area contributed by atoms with Crippen molar-refractivity contribution in [2.45, 2.75) is 173 Å². The second kappa shape index (κ2) is 45.3. The molecule has 4 aromatic carbocycles. The van der Waals surface area contributed by atoms with Crippen molar-refractivity contribution in [3.05, 3.63) is 150 Å². The average Bonchev–Trinajstić information content (AvgIpc) is 1.62. The molecule has 0 saturated carbocycles. The first-order valence-corrected chi connectivity index (χ1v) is 33.0. The van der Waals surface area contributed by atoms with Gasteiger partial charge in [-0.05, 0) is 125 Å². The van der Waals surface area contributed by atoms with Gasteiger partial charge in [0.25, 0.3) is 5.91 Å². The van der Waals surface area contributed by atoms with Gasteiger partial charge in [-0.3, -0.25) is 48.5 Å². The molecule has 0 bridgehead atoms. The van der Waals surface area contributed by atoms with E-state index in [1.54, 1.807) is 46.8 Å². The van der Waals surface area contributed by atoms with E-state index < -0.39 is 99.7 Å². The quantitative estimate of drug-likeness (QED) is 0.0133. The number of esters is 5. The van der Waals surface area contributed by atoms with Crippen molar-refractivity contribution in [1.29, 1.82) is 0 Å². The average molecular weight is 1550 g/mol. The number of nitrogens with zero attached hydrogens (tertiary/aromatic N) is 2. The lowest BCUT2D eigenvalue weighted by Crippen LogP contribution is -2.52. The molecule has 4 N–H and O–H groups in total. The Labute approximate surface area is 620 Å². The zero-order valence-electron chi connectivity index (χ0n) is 60.0. The maximum Gasteiger partial charge on any atom is 0.329 e. The number of benzene rings is 4. The van der Waals surface area contributed by atoms with Crippen LogP contribution in [-0.2, 0) is 86.5 Å². The number of hydrogen-bond acceptors (Lipinski definition) is 18. The second-order valence-corrected chi connectivity index (χ2v) is 28.4. The predicted molar refractivity (Wildman–Crippen MR) is 382 cm³/mol. The molecule has 0 unspecified atom stereocenters. The Morgan fingerprint density at radius 3 is 1.43 bits per heavy atom. The molecule has 5 rings (SSSR count). The van der Waals surface area contributed by atoms with Crippen molar-refractivity contribution >= 4 is 129 Å². The van der Waals surface area contributed by atoms with Gasteiger partial charge in [0.2, 0.25) is 11.1 Å². The number of carbonyl (C=O) groups is 10. The summed E-state index contributed by atoms with van der Waals surface area (Å²) in [6.07, 6.45) is 0.557. The number of ketones is 1. The fourth-order valence-electron chi connectivity index (χ4n) is 8.92. The summed E-state index contributed by atoms with van der Waals surface area (Å²) in [5, 5.41) is 13.0. The van der Waals surface area contributed by atoms with Gasteiger partial charge in [-0.25, -0.2) is 22.4 Å². The standard InChI is InChI=1S/C19H25ClFNO5.C19H23ClFNO3.C14H19ClFNO2.C7H4ClFO.C7H15NO2.C5H7ClO3.ClH/c1-6-27-16(24)10-15(23)22(17(18(25)26-5)19(2,3)4)11-12-7-8-14(21)13(20)9-12;1-5-6-14(23)15-16(24)17(19(2,3)4)22(18(15)25)10-11-7-8-13(21)12(20)9-11;1-14(2,3)12(13(18)19-4)17-8-9-5-6-11(16)10(15)7-9;8-6-3-5(4-10)1-2-7(6)9;1-7(2,3)5(8)6(9)10-4;1-2-9-5(8)3-4(6)7;/h7-9,17H,6,10-11H2,1-5H3;7-9,17,24H,5-6,10H2,1-4H3;5-7,12,17H,8H2,1-4H3;1-4H;5H,8H2,1-4H3;2-3H2,1H3;1H/t2*17-;12-;;5-;;/m111.1../s1. The Bertz CT molecular complexity index is 3480. The number of hydrogen-bond donors (Lipinski definition) is 3. The summed E-state index contributed by atoms with van der Waals surface area (Å²) in [5.74, 6) is -6.26. The van der Waals surface area contributed by atoms with E-state index in [1.165, 1.54) is 85.7 Å². The number of halogens is 10. The van der Waals surface area contributed by atoms with Crippen LogP contribution >= 0.6 is 70.4 Å². The van der Waals surface area contributed by atoms with Gasteiger partial charge >= 0.3 is 29.8 Å². The number of Topliss-reactive ketones (excluding diaryl/α,β-unsaturated/α-hetero) is 1. The van der Waals surface area contributed by atoms with E-state index in [9.17, 15) is 70.6 Å². The summed E-state index contributed by atoms with van der Waals surface area (Å²) in [6.45, 7) is 28.6. The lowest BCUT2D eigenvalue weighted by atomic mass is 9.85. The lowest BCUT2D eigenvalue weighted by molar-refractivity contribution is -0.161. The summed E-state index contributed by atoms with van der Waals surface area (Å²) in [7, 11) is 3.93. The molecule has 1 aliphatic heterocycles. The smallest absolute Gasteiger partial charge is 0.329 e. The molecule has 1 aliphatic rings. The van der Waals surface area contributed by atoms with Crippen LogP contribution in [0.4, 0.5) is 17.6 Å². The molecule has 0 spiro atoms. The molecular weight excluding hydrogens is 1450 g/mol. The van der Waals surface area contributed by atoms with Crippen molar-refractivity contribution < 1.29 is 94.3 Å². The van der Waals surface area contributed by atoms with Crippen LogP contribution in [0.1, 0.15) is 157 Å². The van der Waals surface area contributed by atoms with E-state index in [1.807, 2.05) is 69.2 Å². The Morgan fingerprint density at radius 1 is 0.624 bits per heavy atom. The van der Waals surface area contributed by atoms with Gasteiger partial charge in [0.1, 0.15) is 71.9 Å². The number of nitrogens with two attached hydrogens (primary N) is 1. The third-order valence-electron chi connectivity index (χ3n) is 13.9. The molecule has 30 heteroatoms. The first kappa shape index (κ1) is 96.2. The van der Waals surface area contributed by atoms with Crippen LogP contribution in [0.3, 0.4) is 0 Å². The molecule has 0 saturated heterocycles. The molecule has 0 radical (unpaired) electrons. The van der Waals surface area contributed by atoms with Crippen molar-refractivity contribution in [2.75, 3.05) is 34.5 Å². The van der Waals surface area contributed by atoms with E-state index in [-0.39, 0.29) is 112 Å². The number of nitrogens with one attached hydrogen (secondary N) is 1. The van der Waals surface area contributed by atoms with Crippen LogP contribution in [0, 0.1) is 44.9 Å². The number of rotatable bonds is 21. The molecular formula is C71H94Cl6F4N4O16. The van der Waals surface area contributed by atoms with Crippen LogP contribution in [0.2, 0.25) is 20.1 Å². The zero-order chi connectivity index (χ0) is 77.5. The zero-order valence-corrected chi connectivity index (χ0v) is 64.6. The monoisotopic (exact) mass is 1540 g/mol. The Hall–Kier alpha value is -6.90. The molecule has 4 aromatic rings. The first-order chi connectivity index (χ1) is 46.1. The number of aliphatic hydroxyl groups excluding tert-OH is 1. The van der Waals surface area contributed by atoms with Gasteiger partial charge in [0.05, 0.1) is 60.7 Å². The minimum absolute atomic E-state index is 0. The van der Waals surface area contributed by atoms with Crippen molar-refractivity contribution in [3.63, 3.8) is 0 Å². The van der Waals surface area contributed by atoms with Crippen molar-refractivity contribution in [3.8, 4) is 0 Å². The Kier molecular flexibility index (Phi) is 43.1. The lowest BCUT2D eigenvalue weighted by Gasteiger charge is -2.38. The van der Waals surface area contributed by atoms with Crippen LogP contribution < -0.4 is 11.1 Å². The predicted octanol–water partition coefficient (Wildman–Crippen LogP) is 14.9. The number of methoxy groups -OCH3 is 3. The number of carbonyl (C=O) groups excluding carboxylic acids is 10. The van der Waals surface area contributed by atoms with E-state index in [0.717, 1.165) is 11.6 Å². The van der Waals surface area contributed by atoms with E-state index in [0.29, 0.717) is 35.9 Å². The van der Waals surface area contributed by atoms with E-state index in [2.05, 4.69) is 14.8 Å². The molecule has 0 aliphatic carbocycles. The van der Waals surface area contributed by atoms with Crippen molar-refractivity contribution in [2.24, 2.45) is 27.4 Å². The molecule has 101 heavy (non-hydrogen) atoms. The maximum absolute atomic E-state index is 13.4. The van der Waals surface area contributed by atoms with Gasteiger partial charge in [-0.1, -0.05) is 155 Å². The van der Waals surface area contributed by atoms with Gasteiger partial charge in [-0.15, -0.1) is 12.4 Å². The topological polar surface area (TPSA) is 282 Å². The van der Waals surface area contributed by atoms with Crippen LogP contribution in [0.15, 0.2) is 84.1 Å². The molecule has 1 heterocycles. The number of ether oxygens (including phenoxy) is 5. The Balaban J connectivity index is 0. The number of amides is 2. The second-order valence-electron chi connectivity index (χ2n) is 26.4. The highest BCUT2D eigenvalue weighted by Gasteiger charge is 2.47. The van der Waals surface area contributed by atoms with Crippen molar-refractivity contribution in [1.82, 2.24) is 15.1 Å². The van der Waals surface area contributed by atoms with E-state index >= 15 is 0 Å². The fourth-order valence-corrected chi connectivity index (χ4v) is 9.83. The number of aldehydes is 1. The fraction of sp³-hybridized carbons (Fsp3) is 0.493. The maximum atomic E-state index is 13.4. The highest BCUT2D eigenvalue weighted by atomic mass is 35.5. The molecule has 564 valence electrons. The van der Waals surface area contributed by atoms with E-state index in [4.69, 9.17) is 77.9 Å². The first-order valence-electron chi connectivity index (χ1n) is 31.1. The molecule has 4 atom stereocenters. The highest BCUT2D eigenvalue weighted by Crippen LogP contribution is 2.39. The molecule has 2 amide bonds. The molecule has 0 aromatic heterocycles. The third-order valence-corrected chi connectivity index (χ3v) is 15.2. The van der Waals surface area contributed by atoms with Gasteiger partial charge in [0, 0.05) is 31.6 Å². The number of aliphatic hydroxyl groups is 1. The highest BCUT2D eigenvalue weighted by molar-refractivity contribution is 6.64.